The van der Waals surface area contributed by atoms with Gasteiger partial charge in [0, 0.05) is 11.6 Å². The van der Waals surface area contributed by atoms with Crippen molar-refractivity contribution in [2.24, 2.45) is 10.7 Å². The first-order chi connectivity index (χ1) is 9.44. The fraction of sp³-hybridized carbons (Fsp3) is 0.0714. The van der Waals surface area contributed by atoms with E-state index in [-0.39, 0.29) is 17.3 Å². The van der Waals surface area contributed by atoms with E-state index in [1.807, 2.05) is 6.07 Å². The molecule has 0 spiro atoms. The summed E-state index contributed by atoms with van der Waals surface area (Å²) in [5.41, 5.74) is 6.77. The zero-order valence-electron chi connectivity index (χ0n) is 10.3. The van der Waals surface area contributed by atoms with Crippen LogP contribution in [0.5, 0.6) is 5.75 Å². The van der Waals surface area contributed by atoms with E-state index in [1.54, 1.807) is 30.3 Å². The van der Waals surface area contributed by atoms with Gasteiger partial charge in [-0.2, -0.15) is 0 Å². The number of alkyl halides is 3. The van der Waals surface area contributed by atoms with Crippen LogP contribution >= 0.6 is 0 Å². The molecule has 0 saturated heterocycles. The van der Waals surface area contributed by atoms with Crippen molar-refractivity contribution >= 4 is 11.5 Å². The van der Waals surface area contributed by atoms with Gasteiger partial charge in [-0.15, -0.1) is 13.2 Å². The van der Waals surface area contributed by atoms with E-state index in [9.17, 15) is 13.2 Å². The minimum Gasteiger partial charge on any atom is -0.406 e. The van der Waals surface area contributed by atoms with E-state index < -0.39 is 6.36 Å². The number of nitrogens with two attached hydrogens (primary N) is 1. The Morgan fingerprint density at radius 1 is 1.00 bits per heavy atom. The van der Waals surface area contributed by atoms with Gasteiger partial charge >= 0.3 is 6.36 Å². The molecule has 2 aromatic carbocycles. The van der Waals surface area contributed by atoms with Crippen molar-refractivity contribution < 1.29 is 17.9 Å². The third-order valence-corrected chi connectivity index (χ3v) is 2.37. The molecule has 0 aromatic heterocycles. The lowest BCUT2D eigenvalue weighted by Crippen LogP contribution is -2.17. The minimum atomic E-state index is -4.73. The SMILES string of the molecule is NC(=Nc1cccc(OC(F)(F)F)c1)c1ccccc1. The van der Waals surface area contributed by atoms with Crippen LogP contribution in [0.3, 0.4) is 0 Å². The molecule has 2 rings (SSSR count). The summed E-state index contributed by atoms with van der Waals surface area (Å²) in [6.07, 6.45) is -4.73. The lowest BCUT2D eigenvalue weighted by molar-refractivity contribution is -0.274. The lowest BCUT2D eigenvalue weighted by atomic mass is 10.2. The smallest absolute Gasteiger partial charge is 0.406 e. The van der Waals surface area contributed by atoms with Gasteiger partial charge < -0.3 is 10.5 Å². The molecule has 0 heterocycles. The maximum Gasteiger partial charge on any atom is 0.573 e. The van der Waals surface area contributed by atoms with Crippen molar-refractivity contribution in [1.29, 1.82) is 0 Å². The van der Waals surface area contributed by atoms with E-state index in [0.717, 1.165) is 0 Å². The molecule has 6 heteroatoms. The number of aliphatic imine (C=N–C) groups is 1. The molecule has 0 unspecified atom stereocenters. The lowest BCUT2D eigenvalue weighted by Gasteiger charge is -2.09. The van der Waals surface area contributed by atoms with E-state index in [2.05, 4.69) is 9.73 Å². The van der Waals surface area contributed by atoms with Crippen molar-refractivity contribution in [3.63, 3.8) is 0 Å². The summed E-state index contributed by atoms with van der Waals surface area (Å²) in [6.45, 7) is 0. The Bertz CT molecular complexity index is 609. The Kier molecular flexibility index (Phi) is 3.93. The van der Waals surface area contributed by atoms with Crippen LogP contribution in [-0.2, 0) is 0 Å². The predicted molar refractivity (Wildman–Crippen MR) is 70.0 cm³/mol. The average molecular weight is 280 g/mol. The highest BCUT2D eigenvalue weighted by atomic mass is 19.4. The van der Waals surface area contributed by atoms with Gasteiger partial charge in [-0.05, 0) is 12.1 Å². The van der Waals surface area contributed by atoms with Crippen molar-refractivity contribution in [1.82, 2.24) is 0 Å². The minimum absolute atomic E-state index is 0.217. The largest absolute Gasteiger partial charge is 0.573 e. The second-order valence-corrected chi connectivity index (χ2v) is 3.91. The van der Waals surface area contributed by atoms with Crippen LogP contribution in [0, 0.1) is 0 Å². The molecule has 20 heavy (non-hydrogen) atoms. The van der Waals surface area contributed by atoms with Crippen molar-refractivity contribution in [2.45, 2.75) is 6.36 Å². The molecule has 0 radical (unpaired) electrons. The third-order valence-electron chi connectivity index (χ3n) is 2.37. The Balaban J connectivity index is 2.24. The van der Waals surface area contributed by atoms with Crippen LogP contribution in [0.15, 0.2) is 59.6 Å². The summed E-state index contributed by atoms with van der Waals surface area (Å²) < 4.78 is 40.2. The quantitative estimate of drug-likeness (QED) is 0.689. The van der Waals surface area contributed by atoms with Gasteiger partial charge in [-0.3, -0.25) is 0 Å². The first-order valence-corrected chi connectivity index (χ1v) is 5.69. The van der Waals surface area contributed by atoms with Crippen molar-refractivity contribution in [3.05, 3.63) is 60.2 Å². The normalized spacial score (nSPS) is 12.2. The first kappa shape index (κ1) is 13.9. The van der Waals surface area contributed by atoms with Crippen molar-refractivity contribution in [2.75, 3.05) is 0 Å². The van der Waals surface area contributed by atoms with Crippen LogP contribution in [0.1, 0.15) is 5.56 Å². The Labute approximate surface area is 113 Å². The molecule has 0 amide bonds. The van der Waals surface area contributed by atoms with E-state index in [0.29, 0.717) is 5.56 Å². The van der Waals surface area contributed by atoms with Gasteiger partial charge in [0.2, 0.25) is 0 Å². The molecule has 3 nitrogen and oxygen atoms in total. The summed E-state index contributed by atoms with van der Waals surface area (Å²) in [4.78, 5) is 4.07. The molecule has 0 atom stereocenters. The summed E-state index contributed by atoms with van der Waals surface area (Å²) in [6, 6.07) is 14.3. The fourth-order valence-corrected chi connectivity index (χ4v) is 1.56. The van der Waals surface area contributed by atoms with Crippen molar-refractivity contribution in [3.8, 4) is 5.75 Å². The topological polar surface area (TPSA) is 47.6 Å². The average Bonchev–Trinajstić information content (AvgIpc) is 2.38. The molecule has 0 saturated carbocycles. The van der Waals surface area contributed by atoms with E-state index in [4.69, 9.17) is 5.73 Å². The Morgan fingerprint density at radius 2 is 1.70 bits per heavy atom. The highest BCUT2D eigenvalue weighted by Gasteiger charge is 2.31. The highest BCUT2D eigenvalue weighted by molar-refractivity contribution is 5.99. The van der Waals surface area contributed by atoms with Crippen LogP contribution in [0.25, 0.3) is 0 Å². The monoisotopic (exact) mass is 280 g/mol. The van der Waals surface area contributed by atoms with Crippen LogP contribution in [0.2, 0.25) is 0 Å². The summed E-state index contributed by atoms with van der Waals surface area (Å²) in [7, 11) is 0. The van der Waals surface area contributed by atoms with E-state index >= 15 is 0 Å². The number of amidine groups is 1. The first-order valence-electron chi connectivity index (χ1n) is 5.69. The molecular weight excluding hydrogens is 269 g/mol. The number of halogens is 3. The van der Waals surface area contributed by atoms with Gasteiger partial charge in [0.1, 0.15) is 11.6 Å². The Morgan fingerprint density at radius 3 is 2.35 bits per heavy atom. The predicted octanol–water partition coefficient (Wildman–Crippen LogP) is 3.62. The fourth-order valence-electron chi connectivity index (χ4n) is 1.56. The third kappa shape index (κ3) is 4.01. The standard InChI is InChI=1S/C14H11F3N2O/c15-14(16,17)20-12-8-4-7-11(9-12)19-13(18)10-5-2-1-3-6-10/h1-9H,(H2,18,19). The van der Waals surface area contributed by atoms with Crippen LogP contribution in [-0.4, -0.2) is 12.2 Å². The summed E-state index contributed by atoms with van der Waals surface area (Å²) in [5.74, 6) is -0.116. The highest BCUT2D eigenvalue weighted by Crippen LogP contribution is 2.26. The second-order valence-electron chi connectivity index (χ2n) is 3.91. The molecule has 0 aliphatic rings. The van der Waals surface area contributed by atoms with Crippen LogP contribution in [0.4, 0.5) is 18.9 Å². The number of hydrogen-bond acceptors (Lipinski definition) is 2. The van der Waals surface area contributed by atoms with Gasteiger partial charge in [0.05, 0.1) is 5.69 Å². The Hall–Kier alpha value is -2.50. The molecule has 0 bridgehead atoms. The van der Waals surface area contributed by atoms with Crippen LogP contribution < -0.4 is 10.5 Å². The number of nitrogens with zero attached hydrogens (tertiary/aromatic N) is 1. The maximum absolute atomic E-state index is 12.1. The molecule has 0 fully saturated rings. The zero-order chi connectivity index (χ0) is 14.6. The summed E-state index contributed by atoms with van der Waals surface area (Å²) in [5, 5.41) is 0. The molecule has 0 aliphatic carbocycles. The molecule has 0 aliphatic heterocycles. The number of ether oxygens (including phenoxy) is 1. The summed E-state index contributed by atoms with van der Waals surface area (Å²) >= 11 is 0. The molecule has 2 N–H and O–H groups in total. The van der Waals surface area contributed by atoms with Gasteiger partial charge in [-0.1, -0.05) is 36.4 Å². The number of hydrogen-bond donors (Lipinski definition) is 1. The van der Waals surface area contributed by atoms with E-state index in [1.165, 1.54) is 18.2 Å². The number of benzene rings is 2. The van der Waals surface area contributed by atoms with Gasteiger partial charge in [0.15, 0.2) is 0 Å². The number of rotatable bonds is 3. The molecule has 104 valence electrons. The van der Waals surface area contributed by atoms with Gasteiger partial charge in [-0.25, -0.2) is 4.99 Å². The molecule has 2 aromatic rings. The zero-order valence-corrected chi connectivity index (χ0v) is 10.3. The van der Waals surface area contributed by atoms with Gasteiger partial charge in [0.25, 0.3) is 0 Å². The molecular formula is C14H11F3N2O. The second kappa shape index (κ2) is 5.64. The maximum atomic E-state index is 12.1.